The Bertz CT molecular complexity index is 592. The Hall–Kier alpha value is -1.85. The van der Waals surface area contributed by atoms with Crippen molar-refractivity contribution in [1.29, 1.82) is 0 Å². The lowest BCUT2D eigenvalue weighted by Crippen LogP contribution is -2.57. The van der Waals surface area contributed by atoms with E-state index < -0.39 is 47.9 Å². The van der Waals surface area contributed by atoms with Crippen molar-refractivity contribution in [2.75, 3.05) is 18.6 Å². The average molecular weight is 462 g/mol. The van der Waals surface area contributed by atoms with E-state index in [-0.39, 0.29) is 5.92 Å². The van der Waals surface area contributed by atoms with E-state index in [2.05, 4.69) is 16.0 Å². The second kappa shape index (κ2) is 15.9. The molecule has 8 N–H and O–H groups in total. The minimum absolute atomic E-state index is 0.266. The van der Waals surface area contributed by atoms with Crippen molar-refractivity contribution in [3.05, 3.63) is 0 Å². The molecule has 0 aromatic carbocycles. The summed E-state index contributed by atoms with van der Waals surface area (Å²) in [6, 6.07) is -3.61. The van der Waals surface area contributed by atoms with Crippen LogP contribution in [0.2, 0.25) is 0 Å². The van der Waals surface area contributed by atoms with Crippen LogP contribution in [0.15, 0.2) is 0 Å². The molecule has 0 spiro atoms. The first-order valence-electron chi connectivity index (χ1n) is 10.7. The number of amides is 3. The summed E-state index contributed by atoms with van der Waals surface area (Å²) in [5.41, 5.74) is 11.3. The summed E-state index contributed by atoms with van der Waals surface area (Å²) in [5, 5.41) is 17.1. The lowest BCUT2D eigenvalue weighted by atomic mass is 9.98. The highest BCUT2D eigenvalue weighted by molar-refractivity contribution is 7.98. The van der Waals surface area contributed by atoms with Gasteiger partial charge in [-0.05, 0) is 50.7 Å². The van der Waals surface area contributed by atoms with Gasteiger partial charge in [0.05, 0.1) is 6.04 Å². The van der Waals surface area contributed by atoms with E-state index in [1.165, 1.54) is 18.7 Å². The third-order valence-corrected chi connectivity index (χ3v) is 5.72. The first-order valence-corrected chi connectivity index (χ1v) is 12.1. The van der Waals surface area contributed by atoms with Crippen molar-refractivity contribution in [2.45, 2.75) is 77.0 Å². The molecule has 10 nitrogen and oxygen atoms in total. The molecule has 0 heterocycles. The first kappa shape index (κ1) is 29.1. The summed E-state index contributed by atoms with van der Waals surface area (Å²) < 4.78 is 0. The highest BCUT2D eigenvalue weighted by atomic mass is 32.2. The largest absolute Gasteiger partial charge is 0.480 e. The van der Waals surface area contributed by atoms with Crippen LogP contribution in [0.25, 0.3) is 0 Å². The molecule has 180 valence electrons. The normalized spacial score (nSPS) is 15.8. The van der Waals surface area contributed by atoms with Gasteiger partial charge in [0.25, 0.3) is 0 Å². The minimum atomic E-state index is -1.12. The van der Waals surface area contributed by atoms with E-state index in [4.69, 9.17) is 11.5 Å². The Balaban J connectivity index is 5.00. The maximum atomic E-state index is 12.7. The Kier molecular flexibility index (Phi) is 14.9. The zero-order valence-corrected chi connectivity index (χ0v) is 19.8. The van der Waals surface area contributed by atoms with Crippen molar-refractivity contribution in [1.82, 2.24) is 16.0 Å². The van der Waals surface area contributed by atoms with E-state index >= 15 is 0 Å². The number of nitrogens with two attached hydrogens (primary N) is 2. The lowest BCUT2D eigenvalue weighted by molar-refractivity contribution is -0.143. The fourth-order valence-corrected chi connectivity index (χ4v) is 3.24. The van der Waals surface area contributed by atoms with Gasteiger partial charge in [0, 0.05) is 0 Å². The molecule has 5 unspecified atom stereocenters. The molecule has 0 aromatic rings. The van der Waals surface area contributed by atoms with Gasteiger partial charge in [0.2, 0.25) is 17.7 Å². The molecule has 0 bridgehead atoms. The van der Waals surface area contributed by atoms with E-state index in [1.807, 2.05) is 13.2 Å². The molecule has 0 aliphatic rings. The number of rotatable bonds is 16. The van der Waals surface area contributed by atoms with Crippen LogP contribution in [0.3, 0.4) is 0 Å². The Morgan fingerprint density at radius 3 is 2.13 bits per heavy atom. The molecule has 0 aliphatic heterocycles. The van der Waals surface area contributed by atoms with Gasteiger partial charge in [-0.1, -0.05) is 26.7 Å². The number of hydrogen-bond acceptors (Lipinski definition) is 7. The molecule has 3 amide bonds. The molecule has 11 heteroatoms. The van der Waals surface area contributed by atoms with Crippen LogP contribution in [-0.2, 0) is 19.2 Å². The van der Waals surface area contributed by atoms with Gasteiger partial charge in [0.15, 0.2) is 0 Å². The molecule has 5 atom stereocenters. The first-order chi connectivity index (χ1) is 14.6. The Labute approximate surface area is 189 Å². The van der Waals surface area contributed by atoms with Gasteiger partial charge in [0.1, 0.15) is 18.1 Å². The van der Waals surface area contributed by atoms with E-state index in [0.717, 1.165) is 6.42 Å². The maximum Gasteiger partial charge on any atom is 0.326 e. The summed E-state index contributed by atoms with van der Waals surface area (Å²) in [6.07, 6.45) is 4.70. The Morgan fingerprint density at radius 2 is 1.61 bits per heavy atom. The van der Waals surface area contributed by atoms with Gasteiger partial charge >= 0.3 is 5.97 Å². The molecule has 0 fully saturated rings. The molecule has 31 heavy (non-hydrogen) atoms. The molecule has 0 saturated carbocycles. The van der Waals surface area contributed by atoms with Crippen LogP contribution >= 0.6 is 11.8 Å². The summed E-state index contributed by atoms with van der Waals surface area (Å²) in [4.78, 5) is 49.0. The molecule has 0 aromatic heterocycles. The summed E-state index contributed by atoms with van der Waals surface area (Å²) in [7, 11) is 0. The number of thioether (sulfide) groups is 1. The van der Waals surface area contributed by atoms with Crippen molar-refractivity contribution < 1.29 is 24.3 Å². The summed E-state index contributed by atoms with van der Waals surface area (Å²) in [6.45, 7) is 5.60. The van der Waals surface area contributed by atoms with Gasteiger partial charge in [-0.2, -0.15) is 11.8 Å². The number of carbonyl (C=O) groups is 4. The van der Waals surface area contributed by atoms with Gasteiger partial charge in [-0.15, -0.1) is 0 Å². The lowest BCUT2D eigenvalue weighted by Gasteiger charge is -2.25. The number of unbranched alkanes of at least 4 members (excludes halogenated alkanes) is 1. The van der Waals surface area contributed by atoms with Crippen LogP contribution in [0.5, 0.6) is 0 Å². The van der Waals surface area contributed by atoms with Crippen molar-refractivity contribution in [3.8, 4) is 0 Å². The number of nitrogens with one attached hydrogen (secondary N) is 3. The zero-order valence-electron chi connectivity index (χ0n) is 19.0. The number of carbonyl (C=O) groups excluding carboxylic acids is 3. The molecular formula is C20H39N5O5S. The second-order valence-corrected chi connectivity index (χ2v) is 8.66. The standard InChI is InChI=1S/C20H39N5O5S/c1-5-12(2)16(20(29)30)25-19(28)15(9-11-31-4)24-17(26)13(3)23-18(27)14(22)8-6-7-10-21/h12-16H,5-11,21-22H2,1-4H3,(H,23,27)(H,24,26)(H,25,28)(H,29,30). The topological polar surface area (TPSA) is 177 Å². The molecular weight excluding hydrogens is 422 g/mol. The number of carboxylic acid groups (broad SMARTS) is 1. The van der Waals surface area contributed by atoms with Gasteiger partial charge < -0.3 is 32.5 Å². The van der Waals surface area contributed by atoms with Crippen LogP contribution in [0.1, 0.15) is 52.9 Å². The molecule has 0 radical (unpaired) electrons. The van der Waals surface area contributed by atoms with Crippen LogP contribution in [0, 0.1) is 5.92 Å². The fourth-order valence-electron chi connectivity index (χ4n) is 2.76. The summed E-state index contributed by atoms with van der Waals surface area (Å²) >= 11 is 1.50. The number of carboxylic acids is 1. The predicted molar refractivity (Wildman–Crippen MR) is 122 cm³/mol. The second-order valence-electron chi connectivity index (χ2n) is 7.67. The third kappa shape index (κ3) is 11.4. The van der Waals surface area contributed by atoms with Gasteiger partial charge in [-0.25, -0.2) is 4.79 Å². The Morgan fingerprint density at radius 1 is 0.968 bits per heavy atom. The van der Waals surface area contributed by atoms with Crippen molar-refractivity contribution in [3.63, 3.8) is 0 Å². The minimum Gasteiger partial charge on any atom is -0.480 e. The maximum absolute atomic E-state index is 12.7. The van der Waals surface area contributed by atoms with Crippen molar-refractivity contribution in [2.24, 2.45) is 17.4 Å². The smallest absolute Gasteiger partial charge is 0.326 e. The van der Waals surface area contributed by atoms with E-state index in [1.54, 1.807) is 6.92 Å². The molecule has 0 saturated heterocycles. The number of aliphatic carboxylic acids is 1. The average Bonchev–Trinajstić information content (AvgIpc) is 2.73. The SMILES string of the molecule is CCC(C)C(NC(=O)C(CCSC)NC(=O)C(C)NC(=O)C(N)CCCCN)C(=O)O. The van der Waals surface area contributed by atoms with Crippen LogP contribution in [0.4, 0.5) is 0 Å². The van der Waals surface area contributed by atoms with Crippen LogP contribution in [-0.4, -0.2) is 71.5 Å². The fraction of sp³-hybridized carbons (Fsp3) is 0.800. The quantitative estimate of drug-likeness (QED) is 0.171. The van der Waals surface area contributed by atoms with E-state index in [9.17, 15) is 24.3 Å². The zero-order chi connectivity index (χ0) is 24.0. The van der Waals surface area contributed by atoms with E-state index in [0.29, 0.717) is 38.0 Å². The molecule has 0 rings (SSSR count). The third-order valence-electron chi connectivity index (χ3n) is 5.08. The summed E-state index contributed by atoms with van der Waals surface area (Å²) in [5.74, 6) is -2.36. The highest BCUT2D eigenvalue weighted by Crippen LogP contribution is 2.09. The highest BCUT2D eigenvalue weighted by Gasteiger charge is 2.30. The van der Waals surface area contributed by atoms with Gasteiger partial charge in [-0.3, -0.25) is 14.4 Å². The van der Waals surface area contributed by atoms with Crippen LogP contribution < -0.4 is 27.4 Å². The monoisotopic (exact) mass is 461 g/mol. The molecule has 0 aliphatic carbocycles. The van der Waals surface area contributed by atoms with Crippen molar-refractivity contribution >= 4 is 35.5 Å². The predicted octanol–water partition coefficient (Wildman–Crippen LogP) is -0.199. The number of hydrogen-bond donors (Lipinski definition) is 6.